The molecule has 0 spiro atoms. The van der Waals surface area contributed by atoms with Crippen molar-refractivity contribution in [2.24, 2.45) is 9.98 Å². The van der Waals surface area contributed by atoms with E-state index in [1.807, 2.05) is 110 Å². The SMILES string of the molecule is CCOc1ccc(NC2=Nc3ccccc3N3C2=Nc2c(c(C)nn2-c2ccccc2)[C@@H]3c2ccccc2F)cc1. The highest BCUT2D eigenvalue weighted by molar-refractivity contribution is 6.51. The van der Waals surface area contributed by atoms with E-state index in [1.54, 1.807) is 6.07 Å². The molecular formula is C33H27FN6O. The summed E-state index contributed by atoms with van der Waals surface area (Å²) in [5.74, 6) is 2.28. The molecule has 4 aromatic carbocycles. The van der Waals surface area contributed by atoms with Crippen molar-refractivity contribution < 1.29 is 9.13 Å². The number of ether oxygens (including phenoxy) is 1. The molecule has 1 aromatic heterocycles. The van der Waals surface area contributed by atoms with Crippen molar-refractivity contribution in [3.05, 3.63) is 126 Å². The lowest BCUT2D eigenvalue weighted by atomic mass is 9.93. The second-order valence-corrected chi connectivity index (χ2v) is 9.83. The Kier molecular flexibility index (Phi) is 6.08. The maximum atomic E-state index is 15.7. The van der Waals surface area contributed by atoms with Gasteiger partial charge in [-0.2, -0.15) is 5.10 Å². The molecule has 5 aromatic rings. The molecule has 0 amide bonds. The molecule has 0 saturated heterocycles. The van der Waals surface area contributed by atoms with E-state index in [2.05, 4.69) is 10.2 Å². The number of aliphatic imine (C=N–C) groups is 2. The summed E-state index contributed by atoms with van der Waals surface area (Å²) < 4.78 is 23.1. The Morgan fingerprint density at radius 1 is 0.854 bits per heavy atom. The third kappa shape index (κ3) is 4.24. The summed E-state index contributed by atoms with van der Waals surface area (Å²) in [5, 5.41) is 8.38. The minimum atomic E-state index is -0.523. The van der Waals surface area contributed by atoms with Gasteiger partial charge in [-0.3, -0.25) is 0 Å². The number of halogens is 1. The van der Waals surface area contributed by atoms with Gasteiger partial charge >= 0.3 is 0 Å². The molecule has 0 bridgehead atoms. The molecule has 0 unspecified atom stereocenters. The second kappa shape index (κ2) is 10.1. The quantitative estimate of drug-likeness (QED) is 0.250. The van der Waals surface area contributed by atoms with E-state index < -0.39 is 6.04 Å². The van der Waals surface area contributed by atoms with Crippen LogP contribution >= 0.6 is 0 Å². The van der Waals surface area contributed by atoms with Crippen LogP contribution in [0, 0.1) is 12.7 Å². The molecule has 0 fully saturated rings. The van der Waals surface area contributed by atoms with Crippen LogP contribution < -0.4 is 15.0 Å². The molecule has 0 radical (unpaired) electrons. The Hall–Kier alpha value is -5.24. The lowest BCUT2D eigenvalue weighted by molar-refractivity contribution is 0.340. The highest BCUT2D eigenvalue weighted by atomic mass is 19.1. The zero-order chi connectivity index (χ0) is 27.9. The van der Waals surface area contributed by atoms with Crippen LogP contribution in [0.1, 0.15) is 29.8 Å². The van der Waals surface area contributed by atoms with Gasteiger partial charge in [0, 0.05) is 16.8 Å². The highest BCUT2D eigenvalue weighted by Gasteiger charge is 2.42. The Labute approximate surface area is 237 Å². The minimum absolute atomic E-state index is 0.294. The second-order valence-electron chi connectivity index (χ2n) is 9.83. The van der Waals surface area contributed by atoms with Gasteiger partial charge in [0.05, 0.1) is 35.4 Å². The third-order valence-electron chi connectivity index (χ3n) is 7.27. The van der Waals surface area contributed by atoms with Crippen molar-refractivity contribution in [3.63, 3.8) is 0 Å². The predicted molar refractivity (Wildman–Crippen MR) is 161 cm³/mol. The van der Waals surface area contributed by atoms with Crippen molar-refractivity contribution in [2.45, 2.75) is 19.9 Å². The highest BCUT2D eigenvalue weighted by Crippen LogP contribution is 2.48. The van der Waals surface area contributed by atoms with Gasteiger partial charge in [0.2, 0.25) is 0 Å². The lowest BCUT2D eigenvalue weighted by Crippen LogP contribution is -2.46. The number of fused-ring (bicyclic) bond motifs is 4. The topological polar surface area (TPSA) is 67.0 Å². The van der Waals surface area contributed by atoms with E-state index in [4.69, 9.17) is 19.8 Å². The summed E-state index contributed by atoms with van der Waals surface area (Å²) in [6.45, 7) is 4.50. The number of nitrogens with zero attached hydrogens (tertiary/aromatic N) is 5. The van der Waals surface area contributed by atoms with Crippen molar-refractivity contribution in [1.82, 2.24) is 9.78 Å². The molecule has 7 nitrogen and oxygen atoms in total. The molecule has 2 aliphatic rings. The molecule has 2 aliphatic heterocycles. The van der Waals surface area contributed by atoms with Gasteiger partial charge in [-0.05, 0) is 68.4 Å². The summed E-state index contributed by atoms with van der Waals surface area (Å²) in [5.41, 5.74) is 5.47. The standard InChI is InChI=1S/C33H27FN6O/c1-3-41-24-19-17-22(18-20-24)35-31-33-37-32-29(21(2)38-40(32)23-11-5-4-6-12-23)30(25-13-7-8-14-26(25)34)39(33)28-16-10-9-15-27(28)36-31/h4-20,30H,3H2,1-2H3,(H,35,36)/t30-/m0/s1. The number of nitrogens with one attached hydrogen (secondary N) is 1. The normalized spacial score (nSPS) is 15.3. The molecule has 1 N–H and O–H groups in total. The molecule has 3 heterocycles. The number of aryl methyl sites for hydroxylation is 1. The first-order chi connectivity index (χ1) is 20.1. The number of rotatable bonds is 5. The van der Waals surface area contributed by atoms with E-state index in [0.29, 0.717) is 29.7 Å². The van der Waals surface area contributed by atoms with Gasteiger partial charge in [0.15, 0.2) is 17.5 Å². The first-order valence-corrected chi connectivity index (χ1v) is 13.6. The Balaban J connectivity index is 1.46. The summed E-state index contributed by atoms with van der Waals surface area (Å²) >= 11 is 0. The largest absolute Gasteiger partial charge is 0.494 e. The number of anilines is 2. The fourth-order valence-electron chi connectivity index (χ4n) is 5.48. The maximum Gasteiger partial charge on any atom is 0.179 e. The predicted octanol–water partition coefficient (Wildman–Crippen LogP) is 7.51. The number of hydrogen-bond donors (Lipinski definition) is 1. The average molecular weight is 543 g/mol. The van der Waals surface area contributed by atoms with E-state index >= 15 is 4.39 Å². The molecule has 202 valence electrons. The van der Waals surface area contributed by atoms with Gasteiger partial charge in [-0.15, -0.1) is 0 Å². The fraction of sp³-hybridized carbons (Fsp3) is 0.121. The zero-order valence-corrected chi connectivity index (χ0v) is 22.6. The average Bonchev–Trinajstić information content (AvgIpc) is 3.34. The Morgan fingerprint density at radius 3 is 2.37 bits per heavy atom. The maximum absolute atomic E-state index is 15.7. The first kappa shape index (κ1) is 24.8. The monoisotopic (exact) mass is 542 g/mol. The van der Waals surface area contributed by atoms with Gasteiger partial charge < -0.3 is 15.0 Å². The first-order valence-electron chi connectivity index (χ1n) is 13.6. The van der Waals surface area contributed by atoms with Crippen LogP contribution in [0.3, 0.4) is 0 Å². The van der Waals surface area contributed by atoms with E-state index in [9.17, 15) is 0 Å². The fourth-order valence-corrected chi connectivity index (χ4v) is 5.48. The molecule has 7 rings (SSSR count). The van der Waals surface area contributed by atoms with Crippen LogP contribution in [-0.2, 0) is 0 Å². The summed E-state index contributed by atoms with van der Waals surface area (Å²) in [7, 11) is 0. The summed E-state index contributed by atoms with van der Waals surface area (Å²) in [6, 6.07) is 31.8. The number of para-hydroxylation sites is 3. The summed E-state index contributed by atoms with van der Waals surface area (Å²) in [4.78, 5) is 12.3. The summed E-state index contributed by atoms with van der Waals surface area (Å²) in [6.07, 6.45) is 0. The molecule has 41 heavy (non-hydrogen) atoms. The molecular weight excluding hydrogens is 515 g/mol. The van der Waals surface area contributed by atoms with Gasteiger partial charge in [0.1, 0.15) is 11.6 Å². The van der Waals surface area contributed by atoms with Gasteiger partial charge in [0.25, 0.3) is 0 Å². The van der Waals surface area contributed by atoms with E-state index in [-0.39, 0.29) is 5.82 Å². The van der Waals surface area contributed by atoms with E-state index in [0.717, 1.165) is 39.8 Å². The van der Waals surface area contributed by atoms with Crippen LogP contribution in [0.25, 0.3) is 5.69 Å². The molecule has 8 heteroatoms. The van der Waals surface area contributed by atoms with Crippen molar-refractivity contribution in [3.8, 4) is 11.4 Å². The van der Waals surface area contributed by atoms with E-state index in [1.165, 1.54) is 6.07 Å². The molecule has 0 saturated carbocycles. The number of benzene rings is 4. The third-order valence-corrected chi connectivity index (χ3v) is 7.27. The minimum Gasteiger partial charge on any atom is -0.494 e. The lowest BCUT2D eigenvalue weighted by Gasteiger charge is -2.40. The van der Waals surface area contributed by atoms with Gasteiger partial charge in [-0.25, -0.2) is 19.1 Å². The van der Waals surface area contributed by atoms with Crippen LogP contribution in [-0.4, -0.2) is 28.1 Å². The number of aromatic nitrogens is 2. The van der Waals surface area contributed by atoms with Crippen molar-refractivity contribution >= 4 is 34.6 Å². The van der Waals surface area contributed by atoms with Crippen LogP contribution in [0.5, 0.6) is 5.75 Å². The zero-order valence-electron chi connectivity index (χ0n) is 22.6. The van der Waals surface area contributed by atoms with Gasteiger partial charge in [-0.1, -0.05) is 48.5 Å². The smallest absolute Gasteiger partial charge is 0.179 e. The molecule has 1 atom stereocenters. The Bertz CT molecular complexity index is 1810. The Morgan fingerprint density at radius 2 is 1.59 bits per heavy atom. The van der Waals surface area contributed by atoms with Crippen LogP contribution in [0.4, 0.5) is 27.3 Å². The number of hydrogen-bond acceptors (Lipinski definition) is 6. The van der Waals surface area contributed by atoms with Crippen molar-refractivity contribution in [2.75, 3.05) is 16.8 Å². The number of amidine groups is 2. The van der Waals surface area contributed by atoms with Crippen LogP contribution in [0.2, 0.25) is 0 Å². The molecule has 0 aliphatic carbocycles. The van der Waals surface area contributed by atoms with Crippen LogP contribution in [0.15, 0.2) is 113 Å². The van der Waals surface area contributed by atoms with Crippen molar-refractivity contribution in [1.29, 1.82) is 0 Å².